The molecule has 144 valence electrons. The summed E-state index contributed by atoms with van der Waals surface area (Å²) >= 11 is 0. The van der Waals surface area contributed by atoms with E-state index in [9.17, 15) is 9.59 Å². The smallest absolute Gasteiger partial charge is 0.318 e. The summed E-state index contributed by atoms with van der Waals surface area (Å²) in [6.45, 7) is 0. The molecule has 2 aliphatic carbocycles. The van der Waals surface area contributed by atoms with Crippen molar-refractivity contribution in [3.8, 4) is 11.5 Å². The maximum atomic E-state index is 12.6. The molecule has 0 saturated carbocycles. The Morgan fingerprint density at radius 2 is 1.25 bits per heavy atom. The molecule has 0 spiro atoms. The van der Waals surface area contributed by atoms with Gasteiger partial charge in [-0.1, -0.05) is 48.6 Å². The number of allylic oxidation sites excluding steroid dienone is 2. The van der Waals surface area contributed by atoms with Gasteiger partial charge in [0.15, 0.2) is 0 Å². The van der Waals surface area contributed by atoms with Crippen molar-refractivity contribution >= 4 is 22.7 Å². The highest BCUT2D eigenvalue weighted by Crippen LogP contribution is 2.35. The lowest BCUT2D eigenvalue weighted by atomic mass is 9.96. The summed E-state index contributed by atoms with van der Waals surface area (Å²) in [6, 6.07) is 11.0. The zero-order chi connectivity index (χ0) is 19.3. The number of hydrogen-bond donors (Lipinski definition) is 0. The van der Waals surface area contributed by atoms with Crippen LogP contribution in [-0.4, -0.2) is 11.9 Å². The first-order valence-electron chi connectivity index (χ1n) is 10.0. The second-order valence-corrected chi connectivity index (χ2v) is 7.38. The Morgan fingerprint density at radius 3 is 1.68 bits per heavy atom. The molecule has 0 amide bonds. The van der Waals surface area contributed by atoms with Crippen LogP contribution in [0.4, 0.5) is 0 Å². The predicted molar refractivity (Wildman–Crippen MR) is 108 cm³/mol. The highest BCUT2D eigenvalue weighted by molar-refractivity contribution is 5.97. The molecule has 0 aromatic heterocycles. The van der Waals surface area contributed by atoms with Crippen molar-refractivity contribution in [2.24, 2.45) is 11.8 Å². The van der Waals surface area contributed by atoms with Gasteiger partial charge in [0.25, 0.3) is 0 Å². The van der Waals surface area contributed by atoms with Gasteiger partial charge in [-0.2, -0.15) is 0 Å². The van der Waals surface area contributed by atoms with Gasteiger partial charge in [0, 0.05) is 0 Å². The molecule has 0 bridgehead atoms. The molecule has 0 saturated heterocycles. The second-order valence-electron chi connectivity index (χ2n) is 7.38. The van der Waals surface area contributed by atoms with Crippen LogP contribution in [-0.2, 0) is 9.59 Å². The van der Waals surface area contributed by atoms with E-state index >= 15 is 0 Å². The van der Waals surface area contributed by atoms with E-state index in [-0.39, 0.29) is 23.8 Å². The van der Waals surface area contributed by atoms with E-state index in [1.54, 1.807) is 12.1 Å². The van der Waals surface area contributed by atoms with E-state index in [2.05, 4.69) is 0 Å². The minimum Gasteiger partial charge on any atom is -0.425 e. The number of rotatable bonds is 4. The van der Waals surface area contributed by atoms with E-state index in [4.69, 9.17) is 9.47 Å². The standard InChI is InChI=1S/C24H24O4/c25-23(18-9-3-1-4-10-18)27-20-15-7-13-17-14-8-16-21(22(17)20)28-24(26)19-11-5-2-6-12-19/h3,5,7-9,11,13-16,18-19H,1-2,4,6,10,12H2. The summed E-state index contributed by atoms with van der Waals surface area (Å²) in [6.07, 6.45) is 13.5. The van der Waals surface area contributed by atoms with Crippen molar-refractivity contribution in [3.05, 3.63) is 60.7 Å². The Morgan fingerprint density at radius 1 is 0.750 bits per heavy atom. The molecule has 0 heterocycles. The van der Waals surface area contributed by atoms with Gasteiger partial charge < -0.3 is 9.47 Å². The first-order chi connectivity index (χ1) is 13.7. The third-order valence-corrected chi connectivity index (χ3v) is 5.36. The van der Waals surface area contributed by atoms with E-state index in [1.165, 1.54) is 0 Å². The molecule has 2 atom stereocenters. The molecule has 0 radical (unpaired) electrons. The van der Waals surface area contributed by atoms with Crippen molar-refractivity contribution in [2.75, 3.05) is 0 Å². The van der Waals surface area contributed by atoms with Crippen molar-refractivity contribution in [2.45, 2.75) is 38.5 Å². The second kappa shape index (κ2) is 8.42. The third kappa shape index (κ3) is 4.01. The average molecular weight is 376 g/mol. The maximum absolute atomic E-state index is 12.6. The van der Waals surface area contributed by atoms with Gasteiger partial charge >= 0.3 is 11.9 Å². The van der Waals surface area contributed by atoms with Crippen molar-refractivity contribution in [1.29, 1.82) is 0 Å². The zero-order valence-electron chi connectivity index (χ0n) is 15.8. The van der Waals surface area contributed by atoms with Crippen molar-refractivity contribution in [3.63, 3.8) is 0 Å². The lowest BCUT2D eigenvalue weighted by molar-refractivity contribution is -0.138. The van der Waals surface area contributed by atoms with Gasteiger partial charge in [0.2, 0.25) is 0 Å². The Labute approximate surface area is 164 Å². The van der Waals surface area contributed by atoms with Crippen LogP contribution in [0.5, 0.6) is 11.5 Å². The highest BCUT2D eigenvalue weighted by atomic mass is 16.5. The minimum absolute atomic E-state index is 0.217. The number of fused-ring (bicyclic) bond motifs is 1. The molecule has 2 aromatic rings. The van der Waals surface area contributed by atoms with Crippen LogP contribution in [0.2, 0.25) is 0 Å². The van der Waals surface area contributed by atoms with Crippen LogP contribution < -0.4 is 9.47 Å². The van der Waals surface area contributed by atoms with Gasteiger partial charge in [-0.15, -0.1) is 0 Å². The molecular formula is C24H24O4. The van der Waals surface area contributed by atoms with Gasteiger partial charge in [-0.05, 0) is 56.0 Å². The fourth-order valence-electron chi connectivity index (χ4n) is 3.83. The number of ether oxygens (including phenoxy) is 2. The number of carbonyl (C=O) groups is 2. The summed E-state index contributed by atoms with van der Waals surface area (Å²) < 4.78 is 11.5. The number of benzene rings is 2. The van der Waals surface area contributed by atoms with Crippen LogP contribution in [0.3, 0.4) is 0 Å². The topological polar surface area (TPSA) is 52.6 Å². The summed E-state index contributed by atoms with van der Waals surface area (Å²) in [5, 5.41) is 1.53. The monoisotopic (exact) mass is 376 g/mol. The minimum atomic E-state index is -0.264. The summed E-state index contributed by atoms with van der Waals surface area (Å²) in [5.74, 6) is -0.0927. The molecule has 4 nitrogen and oxygen atoms in total. The maximum Gasteiger partial charge on any atom is 0.318 e. The molecule has 2 unspecified atom stereocenters. The van der Waals surface area contributed by atoms with Gasteiger partial charge in [0.05, 0.1) is 17.2 Å². The molecular weight excluding hydrogens is 352 g/mol. The Balaban J connectivity index is 1.62. The molecule has 4 heteroatoms. The quantitative estimate of drug-likeness (QED) is 0.409. The summed E-state index contributed by atoms with van der Waals surface area (Å²) in [7, 11) is 0. The molecule has 28 heavy (non-hydrogen) atoms. The van der Waals surface area contributed by atoms with Crippen LogP contribution in [0.1, 0.15) is 38.5 Å². The van der Waals surface area contributed by atoms with E-state index in [0.29, 0.717) is 16.9 Å². The van der Waals surface area contributed by atoms with Crippen LogP contribution in [0.15, 0.2) is 60.7 Å². The third-order valence-electron chi connectivity index (χ3n) is 5.36. The normalized spacial score (nSPS) is 21.4. The lowest BCUT2D eigenvalue weighted by Crippen LogP contribution is -2.21. The SMILES string of the molecule is O=C(Oc1cccc2cccc(OC(=O)C3C=CCCC3)c12)C1C=CCCC1. The number of carbonyl (C=O) groups excluding carboxylic acids is 2. The van der Waals surface area contributed by atoms with Crippen molar-refractivity contribution < 1.29 is 19.1 Å². The average Bonchev–Trinajstić information content (AvgIpc) is 2.75. The molecule has 2 aromatic carbocycles. The largest absolute Gasteiger partial charge is 0.425 e. The van der Waals surface area contributed by atoms with E-state index < -0.39 is 0 Å². The molecule has 2 aliphatic rings. The lowest BCUT2D eigenvalue weighted by Gasteiger charge is -2.18. The Bertz CT molecular complexity index is 868. The van der Waals surface area contributed by atoms with Crippen LogP contribution in [0.25, 0.3) is 10.8 Å². The van der Waals surface area contributed by atoms with Gasteiger partial charge in [-0.25, -0.2) is 0 Å². The fourth-order valence-corrected chi connectivity index (χ4v) is 3.83. The van der Waals surface area contributed by atoms with Gasteiger partial charge in [0.1, 0.15) is 11.5 Å². The number of hydrogen-bond acceptors (Lipinski definition) is 4. The highest BCUT2D eigenvalue weighted by Gasteiger charge is 2.23. The fraction of sp³-hybridized carbons (Fsp3) is 0.333. The van der Waals surface area contributed by atoms with E-state index in [1.807, 2.05) is 48.6 Å². The van der Waals surface area contributed by atoms with E-state index in [0.717, 1.165) is 43.9 Å². The Hall–Kier alpha value is -2.88. The first-order valence-corrected chi connectivity index (χ1v) is 10.0. The molecule has 0 aliphatic heterocycles. The Kier molecular flexibility index (Phi) is 5.56. The number of esters is 2. The van der Waals surface area contributed by atoms with Crippen molar-refractivity contribution in [1.82, 2.24) is 0 Å². The summed E-state index contributed by atoms with van der Waals surface area (Å²) in [4.78, 5) is 25.2. The van der Waals surface area contributed by atoms with Gasteiger partial charge in [-0.3, -0.25) is 9.59 Å². The summed E-state index contributed by atoms with van der Waals surface area (Å²) in [5.41, 5.74) is 0. The predicted octanol–water partition coefficient (Wildman–Crippen LogP) is 5.36. The molecule has 0 N–H and O–H groups in total. The molecule has 0 fully saturated rings. The zero-order valence-corrected chi connectivity index (χ0v) is 15.8. The van der Waals surface area contributed by atoms with Crippen LogP contribution in [0, 0.1) is 11.8 Å². The first kappa shape index (κ1) is 18.5. The molecule has 4 rings (SSSR count). The van der Waals surface area contributed by atoms with Crippen LogP contribution >= 0.6 is 0 Å².